The largest absolute Gasteiger partial charge is 0.343 e. The normalized spacial score (nSPS) is 18.0. The first kappa shape index (κ1) is 12.3. The summed E-state index contributed by atoms with van der Waals surface area (Å²) in [7, 11) is 0. The quantitative estimate of drug-likeness (QED) is 0.626. The molecule has 0 spiro atoms. The lowest BCUT2D eigenvalue weighted by Crippen LogP contribution is -2.30. The summed E-state index contributed by atoms with van der Waals surface area (Å²) in [5, 5.41) is 6.58. The van der Waals surface area contributed by atoms with E-state index >= 15 is 0 Å². The van der Waals surface area contributed by atoms with E-state index in [-0.39, 0.29) is 11.7 Å². The lowest BCUT2D eigenvalue weighted by atomic mass is 9.92. The van der Waals surface area contributed by atoms with Crippen LogP contribution in [0, 0.1) is 0 Å². The van der Waals surface area contributed by atoms with Gasteiger partial charge in [-0.15, -0.1) is 0 Å². The van der Waals surface area contributed by atoms with E-state index in [1.165, 1.54) is 6.42 Å². The number of nitrogens with one attached hydrogen (secondary N) is 1. The predicted molar refractivity (Wildman–Crippen MR) is 65.6 cm³/mol. The molecule has 0 radical (unpaired) electrons. The molecule has 1 aromatic heterocycles. The van der Waals surface area contributed by atoms with Gasteiger partial charge in [-0.2, -0.15) is 5.10 Å². The molecular formula is C11H21N5O. The van der Waals surface area contributed by atoms with Crippen LogP contribution in [0.2, 0.25) is 0 Å². The second-order valence-corrected chi connectivity index (χ2v) is 4.73. The van der Waals surface area contributed by atoms with Gasteiger partial charge in [0.1, 0.15) is 0 Å². The van der Waals surface area contributed by atoms with Gasteiger partial charge in [-0.1, -0.05) is 6.42 Å². The zero-order valence-corrected chi connectivity index (χ0v) is 10.1. The number of aromatic amines is 1. The Hall–Kier alpha value is -1.14. The summed E-state index contributed by atoms with van der Waals surface area (Å²) in [5.74, 6) is 0.705. The van der Waals surface area contributed by atoms with Gasteiger partial charge in [-0.3, -0.25) is 4.57 Å². The summed E-state index contributed by atoms with van der Waals surface area (Å²) in [6.45, 7) is 0.683. The van der Waals surface area contributed by atoms with Crippen LogP contribution < -0.4 is 17.2 Å². The van der Waals surface area contributed by atoms with E-state index in [4.69, 9.17) is 11.5 Å². The van der Waals surface area contributed by atoms with Crippen molar-refractivity contribution in [1.29, 1.82) is 0 Å². The molecule has 0 bridgehead atoms. The number of aromatic nitrogens is 3. The highest BCUT2D eigenvalue weighted by atomic mass is 16.1. The van der Waals surface area contributed by atoms with E-state index in [1.807, 2.05) is 0 Å². The Kier molecular flexibility index (Phi) is 3.96. The average molecular weight is 239 g/mol. The van der Waals surface area contributed by atoms with Gasteiger partial charge in [0.2, 0.25) is 0 Å². The van der Waals surface area contributed by atoms with Crippen molar-refractivity contribution in [1.82, 2.24) is 14.8 Å². The van der Waals surface area contributed by atoms with Crippen LogP contribution in [-0.4, -0.2) is 21.3 Å². The van der Waals surface area contributed by atoms with E-state index in [0.29, 0.717) is 18.4 Å². The smallest absolute Gasteiger partial charge is 0.330 e. The molecule has 0 amide bonds. The molecule has 1 aromatic rings. The maximum absolute atomic E-state index is 11.7. The van der Waals surface area contributed by atoms with Crippen molar-refractivity contribution >= 4 is 0 Å². The van der Waals surface area contributed by atoms with Gasteiger partial charge in [0.15, 0.2) is 5.82 Å². The van der Waals surface area contributed by atoms with Gasteiger partial charge < -0.3 is 11.5 Å². The van der Waals surface area contributed by atoms with Gasteiger partial charge in [-0.05, 0) is 38.6 Å². The summed E-state index contributed by atoms with van der Waals surface area (Å²) >= 11 is 0. The van der Waals surface area contributed by atoms with Crippen LogP contribution in [0.1, 0.15) is 56.4 Å². The minimum absolute atomic E-state index is 0.126. The minimum atomic E-state index is -0.166. The van der Waals surface area contributed by atoms with Gasteiger partial charge in [-0.25, -0.2) is 9.89 Å². The SMILES string of the molecule is NCCCC[C@H](N)c1n[nH]c(=O)n1C1CCC1. The molecule has 0 unspecified atom stereocenters. The molecule has 17 heavy (non-hydrogen) atoms. The number of hydrogen-bond acceptors (Lipinski definition) is 4. The molecular weight excluding hydrogens is 218 g/mol. The van der Waals surface area contributed by atoms with Gasteiger partial charge >= 0.3 is 5.69 Å². The van der Waals surface area contributed by atoms with Crippen LogP contribution in [-0.2, 0) is 0 Å². The molecule has 6 nitrogen and oxygen atoms in total. The molecule has 1 atom stereocenters. The highest BCUT2D eigenvalue weighted by Gasteiger charge is 2.26. The van der Waals surface area contributed by atoms with Crippen molar-refractivity contribution < 1.29 is 0 Å². The number of nitrogens with two attached hydrogens (primary N) is 2. The molecule has 6 heteroatoms. The summed E-state index contributed by atoms with van der Waals surface area (Å²) < 4.78 is 1.75. The van der Waals surface area contributed by atoms with Crippen LogP contribution in [0.4, 0.5) is 0 Å². The number of unbranched alkanes of at least 4 members (excludes halogenated alkanes) is 1. The third-order valence-corrected chi connectivity index (χ3v) is 3.47. The predicted octanol–water partition coefficient (Wildman–Crippen LogP) is 0.425. The van der Waals surface area contributed by atoms with Crippen LogP contribution in [0.25, 0.3) is 0 Å². The number of nitrogens with zero attached hydrogens (tertiary/aromatic N) is 2. The van der Waals surface area contributed by atoms with Gasteiger partial charge in [0, 0.05) is 6.04 Å². The first-order valence-corrected chi connectivity index (χ1v) is 6.36. The Morgan fingerprint density at radius 1 is 1.47 bits per heavy atom. The molecule has 1 saturated carbocycles. The van der Waals surface area contributed by atoms with Crippen molar-refractivity contribution in [3.8, 4) is 0 Å². The fourth-order valence-corrected chi connectivity index (χ4v) is 2.21. The number of H-pyrrole nitrogens is 1. The number of hydrogen-bond donors (Lipinski definition) is 3. The Morgan fingerprint density at radius 2 is 2.24 bits per heavy atom. The molecule has 0 aromatic carbocycles. The average Bonchev–Trinajstić information content (AvgIpc) is 2.59. The van der Waals surface area contributed by atoms with Crippen LogP contribution >= 0.6 is 0 Å². The van der Waals surface area contributed by atoms with E-state index in [1.54, 1.807) is 4.57 Å². The lowest BCUT2D eigenvalue weighted by molar-refractivity contribution is 0.293. The monoisotopic (exact) mass is 239 g/mol. The molecule has 2 rings (SSSR count). The Bertz CT molecular complexity index is 406. The third-order valence-electron chi connectivity index (χ3n) is 3.47. The highest BCUT2D eigenvalue weighted by Crippen LogP contribution is 2.32. The molecule has 5 N–H and O–H groups in total. The summed E-state index contributed by atoms with van der Waals surface area (Å²) in [6, 6.07) is 0.137. The zero-order valence-electron chi connectivity index (χ0n) is 10.1. The standard InChI is InChI=1S/C11H21N5O/c12-7-2-1-6-9(13)10-14-15-11(17)16(10)8-4-3-5-8/h8-9H,1-7,12-13H2,(H,15,17)/t9-/m0/s1. The van der Waals surface area contributed by atoms with Gasteiger partial charge in [0.05, 0.1) is 6.04 Å². The van der Waals surface area contributed by atoms with Crippen molar-refractivity contribution in [2.45, 2.75) is 50.6 Å². The second kappa shape index (κ2) is 5.46. The summed E-state index contributed by atoms with van der Waals surface area (Å²) in [5.41, 5.74) is 11.4. The van der Waals surface area contributed by atoms with Gasteiger partial charge in [0.25, 0.3) is 0 Å². The Labute approximate surface area is 100 Å². The van der Waals surface area contributed by atoms with Crippen molar-refractivity contribution in [2.75, 3.05) is 6.54 Å². The van der Waals surface area contributed by atoms with E-state index in [2.05, 4.69) is 10.2 Å². The fourth-order valence-electron chi connectivity index (χ4n) is 2.21. The Morgan fingerprint density at radius 3 is 2.82 bits per heavy atom. The van der Waals surface area contributed by atoms with E-state index < -0.39 is 0 Å². The van der Waals surface area contributed by atoms with Crippen LogP contribution in [0.3, 0.4) is 0 Å². The number of rotatable bonds is 6. The third kappa shape index (κ3) is 2.58. The Balaban J connectivity index is 2.06. The van der Waals surface area contributed by atoms with Crippen molar-refractivity contribution in [3.05, 3.63) is 16.3 Å². The van der Waals surface area contributed by atoms with Crippen LogP contribution in [0.15, 0.2) is 4.79 Å². The van der Waals surface area contributed by atoms with E-state index in [9.17, 15) is 4.79 Å². The molecule has 1 heterocycles. The van der Waals surface area contributed by atoms with Crippen LogP contribution in [0.5, 0.6) is 0 Å². The first-order chi connectivity index (χ1) is 8.24. The maximum Gasteiger partial charge on any atom is 0.343 e. The summed E-state index contributed by atoms with van der Waals surface area (Å²) in [4.78, 5) is 11.7. The topological polar surface area (TPSA) is 103 Å². The zero-order chi connectivity index (χ0) is 12.3. The second-order valence-electron chi connectivity index (χ2n) is 4.73. The van der Waals surface area contributed by atoms with Crippen molar-refractivity contribution in [3.63, 3.8) is 0 Å². The van der Waals surface area contributed by atoms with E-state index in [0.717, 1.165) is 32.1 Å². The molecule has 1 aliphatic carbocycles. The molecule has 96 valence electrons. The summed E-state index contributed by atoms with van der Waals surface area (Å²) in [6.07, 6.45) is 6.07. The molecule has 1 aliphatic rings. The molecule has 0 saturated heterocycles. The molecule has 0 aliphatic heterocycles. The highest BCUT2D eigenvalue weighted by molar-refractivity contribution is 4.98. The molecule has 1 fully saturated rings. The lowest BCUT2D eigenvalue weighted by Gasteiger charge is -2.28. The fraction of sp³-hybridized carbons (Fsp3) is 0.818. The van der Waals surface area contributed by atoms with Crippen molar-refractivity contribution in [2.24, 2.45) is 11.5 Å². The first-order valence-electron chi connectivity index (χ1n) is 6.36. The minimum Gasteiger partial charge on any atom is -0.330 e. The maximum atomic E-state index is 11.7.